The smallest absolute Gasteiger partial charge is 0.247 e. The number of alkyl halides is 1. The van der Waals surface area contributed by atoms with Crippen molar-refractivity contribution in [3.63, 3.8) is 0 Å². The van der Waals surface area contributed by atoms with E-state index in [-0.39, 0.29) is 36.4 Å². The molecule has 1 saturated carbocycles. The molecular weight excluding hydrogens is 464 g/mol. The number of nitrogens with one attached hydrogen (secondary N) is 1. The summed E-state index contributed by atoms with van der Waals surface area (Å²) < 4.78 is 11.4. The second-order valence-corrected chi connectivity index (χ2v) is 9.73. The van der Waals surface area contributed by atoms with Crippen molar-refractivity contribution in [3.8, 4) is 11.5 Å². The predicted octanol–water partition coefficient (Wildman–Crippen LogP) is 5.55. The highest BCUT2D eigenvalue weighted by molar-refractivity contribution is 6.27. The molecule has 3 rings (SSSR count). The third-order valence-electron chi connectivity index (χ3n) is 6.29. The lowest BCUT2D eigenvalue weighted by atomic mass is 9.94. The number of rotatable bonds is 10. The third kappa shape index (κ3) is 7.38. The number of hydrogen-bond acceptors (Lipinski definition) is 4. The Hall–Kier alpha value is -2.73. The maximum absolute atomic E-state index is 13.8. The lowest BCUT2D eigenvalue weighted by molar-refractivity contribution is -0.140. The summed E-state index contributed by atoms with van der Waals surface area (Å²) in [7, 11) is 1.57. The number of carbonyl (C=O) groups is 2. The minimum Gasteiger partial charge on any atom is -0.493 e. The molecule has 1 atom stereocenters. The van der Waals surface area contributed by atoms with Crippen LogP contribution in [0.15, 0.2) is 42.5 Å². The highest BCUT2D eigenvalue weighted by atomic mass is 35.5. The Morgan fingerprint density at radius 2 is 1.74 bits per heavy atom. The second-order valence-electron chi connectivity index (χ2n) is 9.46. The van der Waals surface area contributed by atoms with Crippen LogP contribution in [0.1, 0.15) is 68.7 Å². The van der Waals surface area contributed by atoms with Crippen LogP contribution in [0.25, 0.3) is 0 Å². The van der Waals surface area contributed by atoms with Crippen molar-refractivity contribution < 1.29 is 19.1 Å². The molecule has 1 aliphatic carbocycles. The van der Waals surface area contributed by atoms with Gasteiger partial charge in [-0.15, -0.1) is 11.6 Å². The van der Waals surface area contributed by atoms with Crippen LogP contribution in [-0.4, -0.2) is 41.8 Å². The van der Waals surface area contributed by atoms with Crippen LogP contribution >= 0.6 is 11.6 Å². The van der Waals surface area contributed by atoms with Gasteiger partial charge in [0.15, 0.2) is 11.5 Å². The van der Waals surface area contributed by atoms with Crippen molar-refractivity contribution in [1.29, 1.82) is 0 Å². The number of carbonyl (C=O) groups excluding carboxylic acids is 2. The van der Waals surface area contributed by atoms with E-state index in [1.165, 1.54) is 6.42 Å². The maximum Gasteiger partial charge on any atom is 0.247 e. The van der Waals surface area contributed by atoms with Crippen molar-refractivity contribution in [2.45, 2.75) is 77.6 Å². The molecule has 0 radical (unpaired) electrons. The Morgan fingerprint density at radius 3 is 2.34 bits per heavy atom. The summed E-state index contributed by atoms with van der Waals surface area (Å²) in [5.41, 5.74) is 2.70. The van der Waals surface area contributed by atoms with Gasteiger partial charge in [0.05, 0.1) is 13.2 Å². The first-order valence-electron chi connectivity index (χ1n) is 12.4. The maximum atomic E-state index is 13.8. The van der Waals surface area contributed by atoms with Crippen LogP contribution in [0.3, 0.4) is 0 Å². The van der Waals surface area contributed by atoms with E-state index in [1.54, 1.807) is 24.1 Å². The van der Waals surface area contributed by atoms with E-state index in [9.17, 15) is 9.59 Å². The zero-order chi connectivity index (χ0) is 25.4. The van der Waals surface area contributed by atoms with Crippen molar-refractivity contribution in [2.24, 2.45) is 0 Å². The molecular formula is C28H37ClN2O4. The van der Waals surface area contributed by atoms with Gasteiger partial charge < -0.3 is 19.7 Å². The molecule has 35 heavy (non-hydrogen) atoms. The molecule has 0 heterocycles. The number of nitrogens with zero attached hydrogens (tertiary/aromatic N) is 1. The quantitative estimate of drug-likeness (QED) is 0.434. The van der Waals surface area contributed by atoms with Crippen molar-refractivity contribution in [1.82, 2.24) is 10.2 Å². The van der Waals surface area contributed by atoms with Gasteiger partial charge in [-0.2, -0.15) is 0 Å². The van der Waals surface area contributed by atoms with Gasteiger partial charge in [-0.25, -0.2) is 0 Å². The fourth-order valence-corrected chi connectivity index (χ4v) is 4.65. The molecule has 0 unspecified atom stereocenters. The van der Waals surface area contributed by atoms with Gasteiger partial charge in [-0.05, 0) is 56.9 Å². The standard InChI is InChI=1S/C28H37ClN2O4/c1-19(2)35-24-15-14-22(16-25(24)34-4)27(28(33)30-23-8-6-5-7-9-23)31(26(32)17-29)18-21-12-10-20(3)11-13-21/h10-16,19,23,27H,5-9,17-18H2,1-4H3,(H,30,33)/t27-/m0/s1. The Bertz CT molecular complexity index is 987. The molecule has 0 bridgehead atoms. The first-order chi connectivity index (χ1) is 16.8. The lowest BCUT2D eigenvalue weighted by Crippen LogP contribution is -2.47. The highest BCUT2D eigenvalue weighted by Gasteiger charge is 2.33. The number of halogens is 1. The first kappa shape index (κ1) is 26.9. The van der Waals surface area contributed by atoms with E-state index in [0.717, 1.165) is 36.8 Å². The molecule has 1 aliphatic rings. The Balaban J connectivity index is 2.01. The number of methoxy groups -OCH3 is 1. The zero-order valence-corrected chi connectivity index (χ0v) is 21.9. The molecule has 1 fully saturated rings. The summed E-state index contributed by atoms with van der Waals surface area (Å²) >= 11 is 6.04. The van der Waals surface area contributed by atoms with Crippen molar-refractivity contribution in [3.05, 3.63) is 59.2 Å². The van der Waals surface area contributed by atoms with E-state index >= 15 is 0 Å². The fourth-order valence-electron chi connectivity index (χ4n) is 4.50. The number of ether oxygens (including phenoxy) is 2. The molecule has 0 spiro atoms. The number of aryl methyl sites for hydroxylation is 1. The van der Waals surface area contributed by atoms with Gasteiger partial charge in [-0.1, -0.05) is 55.2 Å². The normalized spacial score (nSPS) is 14.9. The number of hydrogen-bond donors (Lipinski definition) is 1. The predicted molar refractivity (Wildman–Crippen MR) is 139 cm³/mol. The summed E-state index contributed by atoms with van der Waals surface area (Å²) in [5, 5.41) is 3.21. The van der Waals surface area contributed by atoms with Crippen LogP contribution < -0.4 is 14.8 Å². The zero-order valence-electron chi connectivity index (χ0n) is 21.2. The minimum absolute atomic E-state index is 0.0315. The second kappa shape index (κ2) is 12.8. The van der Waals surface area contributed by atoms with Crippen LogP contribution in [-0.2, 0) is 16.1 Å². The van der Waals surface area contributed by atoms with E-state index in [0.29, 0.717) is 17.1 Å². The van der Waals surface area contributed by atoms with Crippen LogP contribution in [0.5, 0.6) is 11.5 Å². The first-order valence-corrected chi connectivity index (χ1v) is 12.9. The lowest BCUT2D eigenvalue weighted by Gasteiger charge is -2.33. The summed E-state index contributed by atoms with van der Waals surface area (Å²) in [6, 6.07) is 12.6. The summed E-state index contributed by atoms with van der Waals surface area (Å²) in [6.45, 7) is 6.16. The van der Waals surface area contributed by atoms with E-state index in [1.807, 2.05) is 51.1 Å². The molecule has 2 aromatic rings. The molecule has 2 amide bonds. The minimum atomic E-state index is -0.855. The highest BCUT2D eigenvalue weighted by Crippen LogP contribution is 2.34. The average molecular weight is 501 g/mol. The van der Waals surface area contributed by atoms with E-state index < -0.39 is 6.04 Å². The topological polar surface area (TPSA) is 67.9 Å². The summed E-state index contributed by atoms with van der Waals surface area (Å²) in [4.78, 5) is 28.4. The average Bonchev–Trinajstić information content (AvgIpc) is 2.85. The summed E-state index contributed by atoms with van der Waals surface area (Å²) in [6.07, 6.45) is 5.25. The van der Waals surface area contributed by atoms with Gasteiger partial charge in [0, 0.05) is 12.6 Å². The van der Waals surface area contributed by atoms with Crippen LogP contribution in [0.4, 0.5) is 0 Å². The molecule has 2 aromatic carbocycles. The number of amides is 2. The van der Waals surface area contributed by atoms with Gasteiger partial charge in [0.25, 0.3) is 0 Å². The molecule has 0 saturated heterocycles. The molecule has 6 nitrogen and oxygen atoms in total. The van der Waals surface area contributed by atoms with Gasteiger partial charge in [0.2, 0.25) is 11.8 Å². The Morgan fingerprint density at radius 1 is 1.06 bits per heavy atom. The fraction of sp³-hybridized carbons (Fsp3) is 0.500. The van der Waals surface area contributed by atoms with Crippen LogP contribution in [0, 0.1) is 6.92 Å². The van der Waals surface area contributed by atoms with Crippen LogP contribution in [0.2, 0.25) is 0 Å². The van der Waals surface area contributed by atoms with Gasteiger partial charge >= 0.3 is 0 Å². The number of benzene rings is 2. The van der Waals surface area contributed by atoms with E-state index in [2.05, 4.69) is 5.32 Å². The Kier molecular flexibility index (Phi) is 9.84. The molecule has 0 aromatic heterocycles. The van der Waals surface area contributed by atoms with Gasteiger partial charge in [-0.3, -0.25) is 9.59 Å². The van der Waals surface area contributed by atoms with E-state index in [4.69, 9.17) is 21.1 Å². The Labute approximate surface area is 213 Å². The monoisotopic (exact) mass is 500 g/mol. The SMILES string of the molecule is COc1cc([C@@H](C(=O)NC2CCCCC2)N(Cc2ccc(C)cc2)C(=O)CCl)ccc1OC(C)C. The summed E-state index contributed by atoms with van der Waals surface area (Å²) in [5.74, 6) is 0.372. The van der Waals surface area contributed by atoms with Crippen molar-refractivity contribution >= 4 is 23.4 Å². The third-order valence-corrected chi connectivity index (χ3v) is 6.51. The molecule has 1 N–H and O–H groups in total. The largest absolute Gasteiger partial charge is 0.493 e. The molecule has 0 aliphatic heterocycles. The molecule has 190 valence electrons. The molecule has 7 heteroatoms. The van der Waals surface area contributed by atoms with Crippen molar-refractivity contribution in [2.75, 3.05) is 13.0 Å². The van der Waals surface area contributed by atoms with Gasteiger partial charge in [0.1, 0.15) is 11.9 Å².